The van der Waals surface area contributed by atoms with Crippen molar-refractivity contribution in [1.29, 1.82) is 0 Å². The van der Waals surface area contributed by atoms with E-state index in [0.29, 0.717) is 0 Å². The number of unbranched alkanes of at least 4 members (excludes halogenated alkanes) is 3. The van der Waals surface area contributed by atoms with Crippen molar-refractivity contribution in [2.45, 2.75) is 50.3 Å². The minimum Gasteiger partial charge on any atom is -0.0888 e. The van der Waals surface area contributed by atoms with Crippen molar-refractivity contribution in [2.75, 3.05) is 0 Å². The molecular formula is C9H17Br. The molecule has 0 aromatic carbocycles. The van der Waals surface area contributed by atoms with Gasteiger partial charge in [-0.25, -0.2) is 0 Å². The van der Waals surface area contributed by atoms with Gasteiger partial charge in [0.25, 0.3) is 0 Å². The second-order valence-electron chi connectivity index (χ2n) is 3.36. The molecule has 0 spiro atoms. The number of hydrogen-bond donors (Lipinski definition) is 0. The molecule has 1 rings (SSSR count). The van der Waals surface area contributed by atoms with Gasteiger partial charge in [0.1, 0.15) is 0 Å². The summed E-state index contributed by atoms with van der Waals surface area (Å²) in [5, 5.41) is 0. The van der Waals surface area contributed by atoms with Gasteiger partial charge < -0.3 is 0 Å². The van der Waals surface area contributed by atoms with E-state index in [2.05, 4.69) is 22.9 Å². The highest BCUT2D eigenvalue weighted by atomic mass is 79.9. The van der Waals surface area contributed by atoms with Crippen molar-refractivity contribution >= 4 is 15.9 Å². The molecule has 1 fully saturated rings. The van der Waals surface area contributed by atoms with Gasteiger partial charge in [0.2, 0.25) is 0 Å². The van der Waals surface area contributed by atoms with Crippen LogP contribution >= 0.6 is 15.9 Å². The van der Waals surface area contributed by atoms with Crippen LogP contribution in [0, 0.1) is 5.92 Å². The highest BCUT2D eigenvalue weighted by Gasteiger charge is 2.33. The van der Waals surface area contributed by atoms with E-state index in [9.17, 15) is 0 Å². The molecule has 1 aliphatic rings. The van der Waals surface area contributed by atoms with Crippen molar-refractivity contribution in [3.63, 3.8) is 0 Å². The van der Waals surface area contributed by atoms with Gasteiger partial charge in [0, 0.05) is 4.83 Å². The third kappa shape index (κ3) is 3.05. The van der Waals surface area contributed by atoms with Crippen molar-refractivity contribution in [2.24, 2.45) is 5.92 Å². The maximum atomic E-state index is 3.62. The second-order valence-corrected chi connectivity index (χ2v) is 4.54. The Morgan fingerprint density at radius 1 is 1.30 bits per heavy atom. The zero-order valence-electron chi connectivity index (χ0n) is 6.78. The van der Waals surface area contributed by atoms with E-state index in [4.69, 9.17) is 0 Å². The first kappa shape index (κ1) is 8.58. The lowest BCUT2D eigenvalue weighted by Gasteiger charge is -1.96. The summed E-state index contributed by atoms with van der Waals surface area (Å²) in [5.74, 6) is 1.04. The molecular weight excluding hydrogens is 188 g/mol. The van der Waals surface area contributed by atoms with Gasteiger partial charge in [-0.2, -0.15) is 0 Å². The van der Waals surface area contributed by atoms with Crippen LogP contribution in [0.2, 0.25) is 0 Å². The van der Waals surface area contributed by atoms with Crippen molar-refractivity contribution in [1.82, 2.24) is 0 Å². The lowest BCUT2D eigenvalue weighted by atomic mass is 10.1. The molecule has 0 nitrogen and oxygen atoms in total. The Bertz CT molecular complexity index is 90.7. The Balaban J connectivity index is 1.78. The molecule has 0 bridgehead atoms. The van der Waals surface area contributed by atoms with Crippen LogP contribution in [0.15, 0.2) is 0 Å². The summed E-state index contributed by atoms with van der Waals surface area (Å²) in [4.78, 5) is 0.883. The van der Waals surface area contributed by atoms with E-state index in [-0.39, 0.29) is 0 Å². The fraction of sp³-hybridized carbons (Fsp3) is 1.00. The number of hydrogen-bond acceptors (Lipinski definition) is 0. The topological polar surface area (TPSA) is 0 Å². The highest BCUT2D eigenvalue weighted by Crippen LogP contribution is 2.41. The molecule has 0 heterocycles. The standard InChI is InChI=1S/C9H17Br/c1-2-3-4-5-6-8-7-9(8)10/h8-9H,2-7H2,1H3/t8-,9-/m1/s1. The van der Waals surface area contributed by atoms with Crippen molar-refractivity contribution in [3.05, 3.63) is 0 Å². The molecule has 1 heteroatoms. The normalized spacial score (nSPS) is 30.6. The lowest BCUT2D eigenvalue weighted by molar-refractivity contribution is 0.599. The molecule has 60 valence electrons. The van der Waals surface area contributed by atoms with Gasteiger partial charge >= 0.3 is 0 Å². The smallest absolute Gasteiger partial charge is 0.0177 e. The Labute approximate surface area is 72.5 Å². The molecule has 1 aliphatic carbocycles. The molecule has 0 N–H and O–H groups in total. The van der Waals surface area contributed by atoms with Gasteiger partial charge in [-0.15, -0.1) is 0 Å². The first-order chi connectivity index (χ1) is 4.84. The third-order valence-electron chi connectivity index (χ3n) is 2.26. The van der Waals surface area contributed by atoms with Crippen molar-refractivity contribution in [3.8, 4) is 0 Å². The molecule has 0 aliphatic heterocycles. The van der Waals surface area contributed by atoms with E-state index in [1.165, 1.54) is 38.5 Å². The van der Waals surface area contributed by atoms with Gasteiger partial charge in [0.15, 0.2) is 0 Å². The van der Waals surface area contributed by atoms with Crippen LogP contribution in [0.3, 0.4) is 0 Å². The molecule has 0 amide bonds. The minimum absolute atomic E-state index is 0.883. The predicted molar refractivity (Wildman–Crippen MR) is 49.6 cm³/mol. The maximum absolute atomic E-state index is 3.62. The number of halogens is 1. The van der Waals surface area contributed by atoms with E-state index in [1.54, 1.807) is 0 Å². The van der Waals surface area contributed by atoms with E-state index in [1.807, 2.05) is 0 Å². The predicted octanol–water partition coefficient (Wildman–Crippen LogP) is 3.74. The average Bonchev–Trinajstić information content (AvgIpc) is 2.60. The summed E-state index contributed by atoms with van der Waals surface area (Å²) in [6.45, 7) is 2.27. The van der Waals surface area contributed by atoms with Crippen LogP contribution in [0.1, 0.15) is 45.4 Å². The van der Waals surface area contributed by atoms with Crippen molar-refractivity contribution < 1.29 is 0 Å². The van der Waals surface area contributed by atoms with Gasteiger partial charge in [-0.05, 0) is 18.8 Å². The summed E-state index contributed by atoms with van der Waals surface area (Å²) >= 11 is 3.62. The molecule has 0 radical (unpaired) electrons. The van der Waals surface area contributed by atoms with Crippen LogP contribution in [0.25, 0.3) is 0 Å². The molecule has 10 heavy (non-hydrogen) atoms. The minimum atomic E-state index is 0.883. The Hall–Kier alpha value is 0.480. The van der Waals surface area contributed by atoms with Crippen LogP contribution in [0.5, 0.6) is 0 Å². The summed E-state index contributed by atoms with van der Waals surface area (Å²) in [6.07, 6.45) is 8.61. The molecule has 2 atom stereocenters. The van der Waals surface area contributed by atoms with E-state index >= 15 is 0 Å². The van der Waals surface area contributed by atoms with Gasteiger partial charge in [0.05, 0.1) is 0 Å². The van der Waals surface area contributed by atoms with E-state index in [0.717, 1.165) is 10.7 Å². The maximum Gasteiger partial charge on any atom is 0.0177 e. The lowest BCUT2D eigenvalue weighted by Crippen LogP contribution is -1.81. The average molecular weight is 205 g/mol. The van der Waals surface area contributed by atoms with Crippen LogP contribution in [-0.2, 0) is 0 Å². The Kier molecular flexibility index (Phi) is 3.75. The van der Waals surface area contributed by atoms with Gasteiger partial charge in [-0.1, -0.05) is 48.5 Å². The molecule has 0 aromatic rings. The summed E-state index contributed by atoms with van der Waals surface area (Å²) in [6, 6.07) is 0. The summed E-state index contributed by atoms with van der Waals surface area (Å²) in [5.41, 5.74) is 0. The fourth-order valence-corrected chi connectivity index (χ4v) is 2.09. The molecule has 0 aromatic heterocycles. The molecule has 0 saturated heterocycles. The molecule has 0 unspecified atom stereocenters. The zero-order chi connectivity index (χ0) is 7.40. The first-order valence-corrected chi connectivity index (χ1v) is 5.40. The summed E-state index contributed by atoms with van der Waals surface area (Å²) in [7, 11) is 0. The van der Waals surface area contributed by atoms with Crippen LogP contribution in [-0.4, -0.2) is 4.83 Å². The Morgan fingerprint density at radius 3 is 2.50 bits per heavy atom. The largest absolute Gasteiger partial charge is 0.0888 e. The van der Waals surface area contributed by atoms with Crippen LogP contribution in [0.4, 0.5) is 0 Å². The SMILES string of the molecule is CCCCCC[C@@H]1C[C@H]1Br. The summed E-state index contributed by atoms with van der Waals surface area (Å²) < 4.78 is 0. The van der Waals surface area contributed by atoms with E-state index < -0.39 is 0 Å². The highest BCUT2D eigenvalue weighted by molar-refractivity contribution is 9.09. The third-order valence-corrected chi connectivity index (χ3v) is 3.39. The van der Waals surface area contributed by atoms with Crippen LogP contribution < -0.4 is 0 Å². The number of alkyl halides is 1. The monoisotopic (exact) mass is 204 g/mol. The van der Waals surface area contributed by atoms with Gasteiger partial charge in [-0.3, -0.25) is 0 Å². The molecule has 1 saturated carbocycles. The second kappa shape index (κ2) is 4.38. The zero-order valence-corrected chi connectivity index (χ0v) is 8.36. The fourth-order valence-electron chi connectivity index (χ4n) is 1.34. The quantitative estimate of drug-likeness (QED) is 0.473. The number of rotatable bonds is 5. The Morgan fingerprint density at radius 2 is 2.00 bits per heavy atom. The first-order valence-electron chi connectivity index (χ1n) is 4.48.